The molecule has 2 N–H and O–H groups in total. The second-order valence-corrected chi connectivity index (χ2v) is 6.24. The van der Waals surface area contributed by atoms with Crippen LogP contribution in [0.15, 0.2) is 0 Å². The largest absolute Gasteiger partial charge is 0.493 e. The van der Waals surface area contributed by atoms with Crippen LogP contribution in [0.3, 0.4) is 0 Å². The zero-order valence-corrected chi connectivity index (χ0v) is 12.1. The van der Waals surface area contributed by atoms with Crippen molar-refractivity contribution in [1.29, 1.82) is 0 Å². The van der Waals surface area contributed by atoms with Crippen molar-refractivity contribution in [3.63, 3.8) is 0 Å². The molecule has 19 heavy (non-hydrogen) atoms. The van der Waals surface area contributed by atoms with E-state index in [2.05, 4.69) is 20.8 Å². The molecular weight excluding hydrogens is 238 g/mol. The molecule has 0 radical (unpaired) electrons. The molecule has 1 aromatic rings. The van der Waals surface area contributed by atoms with Gasteiger partial charge in [0.15, 0.2) is 0 Å². The quantitative estimate of drug-likeness (QED) is 0.845. The second-order valence-electron chi connectivity index (χ2n) is 6.24. The van der Waals surface area contributed by atoms with Crippen molar-refractivity contribution in [2.24, 2.45) is 5.73 Å². The predicted molar refractivity (Wildman–Crippen MR) is 76.0 cm³/mol. The summed E-state index contributed by atoms with van der Waals surface area (Å²) in [6, 6.07) is 0. The Hall–Kier alpha value is -1.22. The van der Waals surface area contributed by atoms with Crippen LogP contribution >= 0.6 is 0 Å². The van der Waals surface area contributed by atoms with Crippen LogP contribution in [0.1, 0.15) is 48.9 Å². The van der Waals surface area contributed by atoms with E-state index in [1.165, 1.54) is 22.3 Å². The summed E-state index contributed by atoms with van der Waals surface area (Å²) in [5, 5.41) is 0. The summed E-state index contributed by atoms with van der Waals surface area (Å²) in [6.45, 7) is 7.90. The Morgan fingerprint density at radius 1 is 0.947 bits per heavy atom. The van der Waals surface area contributed by atoms with Gasteiger partial charge in [0.1, 0.15) is 11.5 Å². The topological polar surface area (TPSA) is 44.5 Å². The van der Waals surface area contributed by atoms with Crippen molar-refractivity contribution in [3.8, 4) is 11.5 Å². The average molecular weight is 261 g/mol. The van der Waals surface area contributed by atoms with Gasteiger partial charge in [0, 0.05) is 22.2 Å². The average Bonchev–Trinajstić information content (AvgIpc) is 2.38. The molecule has 2 aliphatic heterocycles. The lowest BCUT2D eigenvalue weighted by Gasteiger charge is -2.34. The van der Waals surface area contributed by atoms with Gasteiger partial charge in [-0.25, -0.2) is 0 Å². The molecule has 2 heterocycles. The molecule has 0 bridgehead atoms. The summed E-state index contributed by atoms with van der Waals surface area (Å²) >= 11 is 0. The van der Waals surface area contributed by atoms with Crippen LogP contribution in [-0.4, -0.2) is 13.2 Å². The van der Waals surface area contributed by atoms with Crippen molar-refractivity contribution in [3.05, 3.63) is 22.3 Å². The Bertz CT molecular complexity index is 477. The van der Waals surface area contributed by atoms with Crippen molar-refractivity contribution in [1.82, 2.24) is 0 Å². The molecule has 0 fully saturated rings. The fourth-order valence-electron chi connectivity index (χ4n) is 3.36. The molecule has 2 aliphatic rings. The second kappa shape index (κ2) is 4.41. The van der Waals surface area contributed by atoms with Crippen LogP contribution < -0.4 is 15.2 Å². The normalized spacial score (nSPS) is 18.1. The minimum absolute atomic E-state index is 0.389. The number of hydrogen-bond donors (Lipinski definition) is 1. The first-order valence-electron chi connectivity index (χ1n) is 7.23. The van der Waals surface area contributed by atoms with Crippen LogP contribution in [-0.2, 0) is 18.4 Å². The summed E-state index contributed by atoms with van der Waals surface area (Å²) in [7, 11) is 0. The van der Waals surface area contributed by atoms with Gasteiger partial charge in [-0.05, 0) is 52.0 Å². The zero-order valence-electron chi connectivity index (χ0n) is 12.1. The Morgan fingerprint density at radius 3 is 2.16 bits per heavy atom. The van der Waals surface area contributed by atoms with Gasteiger partial charge in [-0.2, -0.15) is 0 Å². The van der Waals surface area contributed by atoms with Crippen molar-refractivity contribution in [2.75, 3.05) is 13.2 Å². The first-order chi connectivity index (χ1) is 9.00. The first-order valence-corrected chi connectivity index (χ1v) is 7.23. The molecule has 0 unspecified atom stereocenters. The molecule has 1 aromatic carbocycles. The van der Waals surface area contributed by atoms with Crippen molar-refractivity contribution in [2.45, 2.75) is 52.0 Å². The van der Waals surface area contributed by atoms with Gasteiger partial charge in [0.25, 0.3) is 0 Å². The lowest BCUT2D eigenvalue weighted by atomic mass is 9.82. The molecule has 0 amide bonds. The van der Waals surface area contributed by atoms with Gasteiger partial charge in [0.05, 0.1) is 13.2 Å². The summed E-state index contributed by atoms with van der Waals surface area (Å²) < 4.78 is 11.9. The van der Waals surface area contributed by atoms with Crippen molar-refractivity contribution < 1.29 is 9.47 Å². The minimum atomic E-state index is -0.389. The predicted octanol–water partition coefficient (Wildman–Crippen LogP) is 2.84. The highest BCUT2D eigenvalue weighted by Crippen LogP contribution is 2.46. The molecule has 104 valence electrons. The number of nitrogens with two attached hydrogens (primary N) is 1. The standard InChI is InChI=1S/C16H23NO2/c1-10-11-6-4-9-19-15(11)13(16(2,3)17)12-7-5-8-18-14(10)12/h4-9,17H2,1-3H3. The maximum absolute atomic E-state index is 6.42. The number of benzene rings is 1. The molecule has 0 atom stereocenters. The maximum Gasteiger partial charge on any atom is 0.128 e. The Morgan fingerprint density at radius 2 is 1.53 bits per heavy atom. The molecule has 3 nitrogen and oxygen atoms in total. The van der Waals surface area contributed by atoms with E-state index >= 15 is 0 Å². The summed E-state index contributed by atoms with van der Waals surface area (Å²) in [5.74, 6) is 2.12. The Labute approximate surface area is 115 Å². The van der Waals surface area contributed by atoms with E-state index in [1.54, 1.807) is 0 Å². The van der Waals surface area contributed by atoms with Gasteiger partial charge in [-0.1, -0.05) is 0 Å². The minimum Gasteiger partial charge on any atom is -0.493 e. The molecule has 3 heteroatoms. The van der Waals surface area contributed by atoms with Gasteiger partial charge in [-0.15, -0.1) is 0 Å². The molecular formula is C16H23NO2. The van der Waals surface area contributed by atoms with Crippen LogP contribution in [0.25, 0.3) is 0 Å². The van der Waals surface area contributed by atoms with Crippen molar-refractivity contribution >= 4 is 0 Å². The van der Waals surface area contributed by atoms with E-state index in [0.717, 1.165) is 50.4 Å². The van der Waals surface area contributed by atoms with Crippen LogP contribution in [0.5, 0.6) is 11.5 Å². The lowest BCUT2D eigenvalue weighted by molar-refractivity contribution is 0.261. The maximum atomic E-state index is 6.42. The van der Waals surface area contributed by atoms with Crippen LogP contribution in [0.4, 0.5) is 0 Å². The summed E-state index contributed by atoms with van der Waals surface area (Å²) in [6.07, 6.45) is 4.26. The molecule has 0 saturated carbocycles. The van der Waals surface area contributed by atoms with Gasteiger partial charge >= 0.3 is 0 Å². The van der Waals surface area contributed by atoms with E-state index in [4.69, 9.17) is 15.2 Å². The van der Waals surface area contributed by atoms with Crippen LogP contribution in [0.2, 0.25) is 0 Å². The van der Waals surface area contributed by atoms with E-state index < -0.39 is 0 Å². The van der Waals surface area contributed by atoms with E-state index in [1.807, 2.05) is 0 Å². The number of hydrogen-bond acceptors (Lipinski definition) is 3. The van der Waals surface area contributed by atoms with Gasteiger partial charge in [0.2, 0.25) is 0 Å². The van der Waals surface area contributed by atoms with Gasteiger partial charge < -0.3 is 15.2 Å². The molecule has 0 aromatic heterocycles. The third kappa shape index (κ3) is 2.00. The Balaban J connectivity index is 2.31. The van der Waals surface area contributed by atoms with E-state index in [9.17, 15) is 0 Å². The smallest absolute Gasteiger partial charge is 0.128 e. The highest BCUT2D eigenvalue weighted by atomic mass is 16.5. The van der Waals surface area contributed by atoms with Gasteiger partial charge in [-0.3, -0.25) is 0 Å². The third-order valence-electron chi connectivity index (χ3n) is 4.15. The third-order valence-corrected chi connectivity index (χ3v) is 4.15. The molecule has 0 saturated heterocycles. The number of fused-ring (bicyclic) bond motifs is 2. The van der Waals surface area contributed by atoms with Crippen LogP contribution in [0, 0.1) is 6.92 Å². The zero-order chi connectivity index (χ0) is 13.6. The van der Waals surface area contributed by atoms with E-state index in [-0.39, 0.29) is 5.54 Å². The molecule has 0 aliphatic carbocycles. The summed E-state index contributed by atoms with van der Waals surface area (Å²) in [4.78, 5) is 0. The summed E-state index contributed by atoms with van der Waals surface area (Å²) in [5.41, 5.74) is 11.0. The monoisotopic (exact) mass is 261 g/mol. The highest BCUT2D eigenvalue weighted by Gasteiger charge is 2.33. The SMILES string of the molecule is Cc1c2c(c(C(C)(C)N)c3c1OCCC3)OCCC2. The molecule has 0 spiro atoms. The lowest BCUT2D eigenvalue weighted by Crippen LogP contribution is -2.33. The first kappa shape index (κ1) is 12.8. The molecule has 3 rings (SSSR count). The Kier molecular flexibility index (Phi) is 2.97. The fourth-order valence-corrected chi connectivity index (χ4v) is 3.36. The fraction of sp³-hybridized carbons (Fsp3) is 0.625. The number of rotatable bonds is 1. The number of ether oxygens (including phenoxy) is 2. The highest BCUT2D eigenvalue weighted by molar-refractivity contribution is 5.62. The van der Waals surface area contributed by atoms with E-state index in [0.29, 0.717) is 0 Å².